The van der Waals surface area contributed by atoms with Crippen LogP contribution in [0.1, 0.15) is 18.9 Å². The van der Waals surface area contributed by atoms with Crippen molar-refractivity contribution in [1.29, 1.82) is 0 Å². The molecule has 0 saturated carbocycles. The Morgan fingerprint density at radius 1 is 1.10 bits per heavy atom. The topological polar surface area (TPSA) is 51.1 Å². The Morgan fingerprint density at radius 3 is 2.34 bits per heavy atom. The fourth-order valence-electron chi connectivity index (χ4n) is 2.65. The van der Waals surface area contributed by atoms with Crippen LogP contribution >= 0.6 is 11.8 Å². The summed E-state index contributed by atoms with van der Waals surface area (Å²) in [5, 5.41) is 0.555. The van der Waals surface area contributed by atoms with Gasteiger partial charge in [0, 0.05) is 5.75 Å². The quantitative estimate of drug-likeness (QED) is 0.581. The first-order valence-electron chi connectivity index (χ1n) is 8.98. The van der Waals surface area contributed by atoms with Crippen LogP contribution in [0.3, 0.4) is 0 Å². The van der Waals surface area contributed by atoms with E-state index in [9.17, 15) is 13.6 Å². The standard InChI is InChI=1S/C21H20F2N2O3S/c1-3-12-29-21-24-18(13-14-4-8-16(27-2)9-5-14)19(26)25(21)15-6-10-17(11-7-15)28-20(22)23/h4-11,13,20H,3,12H2,1-2H3. The van der Waals surface area contributed by atoms with Crippen LogP contribution in [0, 0.1) is 0 Å². The molecular formula is C21H20F2N2O3S. The van der Waals surface area contributed by atoms with Crippen LogP contribution in [0.5, 0.6) is 11.5 Å². The maximum absolute atomic E-state index is 13.0. The summed E-state index contributed by atoms with van der Waals surface area (Å²) in [6, 6.07) is 13.2. The first-order valence-corrected chi connectivity index (χ1v) is 9.97. The Hall–Kier alpha value is -2.87. The number of anilines is 1. The van der Waals surface area contributed by atoms with Crippen LogP contribution < -0.4 is 14.4 Å². The zero-order valence-corrected chi connectivity index (χ0v) is 16.8. The number of thioether (sulfide) groups is 1. The van der Waals surface area contributed by atoms with E-state index in [0.717, 1.165) is 23.5 Å². The number of benzene rings is 2. The zero-order chi connectivity index (χ0) is 20.8. The number of alkyl halides is 2. The predicted molar refractivity (Wildman–Crippen MR) is 112 cm³/mol. The highest BCUT2D eigenvalue weighted by Gasteiger charge is 2.31. The molecule has 3 rings (SSSR count). The molecule has 0 saturated heterocycles. The van der Waals surface area contributed by atoms with Gasteiger partial charge in [-0.25, -0.2) is 4.99 Å². The molecule has 0 spiro atoms. The minimum atomic E-state index is -2.90. The third-order valence-electron chi connectivity index (χ3n) is 4.00. The van der Waals surface area contributed by atoms with Gasteiger partial charge >= 0.3 is 6.61 Å². The summed E-state index contributed by atoms with van der Waals surface area (Å²) in [6.45, 7) is -0.857. The summed E-state index contributed by atoms with van der Waals surface area (Å²) < 4.78 is 34.3. The Bertz CT molecular complexity index is 913. The SMILES string of the molecule is CCCSC1=NC(=Cc2ccc(OC)cc2)C(=O)N1c1ccc(OC(F)F)cc1. The average molecular weight is 418 g/mol. The number of halogens is 2. The monoisotopic (exact) mass is 418 g/mol. The smallest absolute Gasteiger partial charge is 0.387 e. The van der Waals surface area contributed by atoms with Crippen molar-refractivity contribution >= 4 is 34.6 Å². The highest BCUT2D eigenvalue weighted by atomic mass is 32.2. The summed E-state index contributed by atoms with van der Waals surface area (Å²) in [6.07, 6.45) is 2.63. The number of rotatable bonds is 7. The molecule has 0 N–H and O–H groups in total. The first kappa shape index (κ1) is 20.9. The summed E-state index contributed by atoms with van der Waals surface area (Å²) in [5.74, 6) is 1.27. The molecular weight excluding hydrogens is 398 g/mol. The average Bonchev–Trinajstić information content (AvgIpc) is 3.02. The summed E-state index contributed by atoms with van der Waals surface area (Å²) in [5.41, 5.74) is 1.67. The van der Waals surface area contributed by atoms with Gasteiger partial charge in [-0.3, -0.25) is 9.69 Å². The predicted octanol–water partition coefficient (Wildman–Crippen LogP) is 5.18. The molecule has 1 aliphatic rings. The van der Waals surface area contributed by atoms with E-state index in [-0.39, 0.29) is 11.7 Å². The lowest BCUT2D eigenvalue weighted by atomic mass is 10.2. The molecule has 1 aliphatic heterocycles. The van der Waals surface area contributed by atoms with Crippen LogP contribution in [0.25, 0.3) is 6.08 Å². The lowest BCUT2D eigenvalue weighted by molar-refractivity contribution is -0.113. The minimum absolute atomic E-state index is 0.0316. The third-order valence-corrected chi connectivity index (χ3v) is 5.15. The number of hydrogen-bond donors (Lipinski definition) is 0. The molecule has 1 heterocycles. The molecule has 2 aromatic carbocycles. The van der Waals surface area contributed by atoms with E-state index >= 15 is 0 Å². The van der Waals surface area contributed by atoms with E-state index in [1.165, 1.54) is 28.8 Å². The fourth-order valence-corrected chi connectivity index (χ4v) is 3.52. The van der Waals surface area contributed by atoms with Gasteiger partial charge in [-0.05, 0) is 54.5 Å². The van der Waals surface area contributed by atoms with Crippen molar-refractivity contribution in [3.63, 3.8) is 0 Å². The Kier molecular flexibility index (Phi) is 6.87. The third kappa shape index (κ3) is 5.14. The van der Waals surface area contributed by atoms with E-state index in [2.05, 4.69) is 9.73 Å². The van der Waals surface area contributed by atoms with Gasteiger partial charge < -0.3 is 9.47 Å². The van der Waals surface area contributed by atoms with Gasteiger partial charge in [0.05, 0.1) is 12.8 Å². The number of aliphatic imine (C=N–C) groups is 1. The van der Waals surface area contributed by atoms with Crippen LogP contribution in [-0.4, -0.2) is 30.5 Å². The maximum Gasteiger partial charge on any atom is 0.387 e. The van der Waals surface area contributed by atoms with Crippen molar-refractivity contribution in [3.8, 4) is 11.5 Å². The second-order valence-corrected chi connectivity index (χ2v) is 7.12. The number of carbonyl (C=O) groups is 1. The Balaban J connectivity index is 1.88. The lowest BCUT2D eigenvalue weighted by Gasteiger charge is -2.18. The van der Waals surface area contributed by atoms with Gasteiger partial charge in [-0.2, -0.15) is 8.78 Å². The lowest BCUT2D eigenvalue weighted by Crippen LogP contribution is -2.30. The highest BCUT2D eigenvalue weighted by Crippen LogP contribution is 2.31. The molecule has 1 amide bonds. The zero-order valence-electron chi connectivity index (χ0n) is 16.0. The summed E-state index contributed by atoms with van der Waals surface area (Å²) in [7, 11) is 1.59. The van der Waals surface area contributed by atoms with Crippen LogP contribution in [-0.2, 0) is 4.79 Å². The molecule has 8 heteroatoms. The summed E-state index contributed by atoms with van der Waals surface area (Å²) in [4.78, 5) is 19.0. The van der Waals surface area contributed by atoms with Gasteiger partial charge in [0.2, 0.25) is 0 Å². The van der Waals surface area contributed by atoms with Gasteiger partial charge in [-0.1, -0.05) is 30.8 Å². The van der Waals surface area contributed by atoms with E-state index < -0.39 is 6.61 Å². The number of ether oxygens (including phenoxy) is 2. The van der Waals surface area contributed by atoms with Crippen LogP contribution in [0.4, 0.5) is 14.5 Å². The van der Waals surface area contributed by atoms with E-state index in [4.69, 9.17) is 4.74 Å². The summed E-state index contributed by atoms with van der Waals surface area (Å²) >= 11 is 1.47. The van der Waals surface area contributed by atoms with Gasteiger partial charge in [0.1, 0.15) is 17.2 Å². The molecule has 152 valence electrons. The van der Waals surface area contributed by atoms with E-state index in [1.807, 2.05) is 31.2 Å². The van der Waals surface area contributed by atoms with Gasteiger partial charge in [-0.15, -0.1) is 0 Å². The minimum Gasteiger partial charge on any atom is -0.497 e. The molecule has 29 heavy (non-hydrogen) atoms. The first-order chi connectivity index (χ1) is 14.0. The number of methoxy groups -OCH3 is 1. The fraction of sp³-hybridized carbons (Fsp3) is 0.238. The number of hydrogen-bond acceptors (Lipinski definition) is 5. The van der Waals surface area contributed by atoms with Crippen molar-refractivity contribution in [2.45, 2.75) is 20.0 Å². The number of carbonyl (C=O) groups excluding carboxylic acids is 1. The molecule has 0 aromatic heterocycles. The Labute approximate surface area is 172 Å². The van der Waals surface area contributed by atoms with E-state index in [1.54, 1.807) is 25.3 Å². The highest BCUT2D eigenvalue weighted by molar-refractivity contribution is 8.14. The van der Waals surface area contributed by atoms with E-state index in [0.29, 0.717) is 16.6 Å². The molecule has 2 aromatic rings. The normalized spacial score (nSPS) is 15.2. The maximum atomic E-state index is 13.0. The number of nitrogens with zero attached hydrogens (tertiary/aromatic N) is 2. The van der Waals surface area contributed by atoms with Crippen LogP contribution in [0.15, 0.2) is 59.2 Å². The van der Waals surface area contributed by atoms with Crippen molar-refractivity contribution < 1.29 is 23.0 Å². The van der Waals surface area contributed by atoms with Crippen molar-refractivity contribution in [3.05, 3.63) is 59.8 Å². The van der Waals surface area contributed by atoms with Gasteiger partial charge in [0.15, 0.2) is 5.17 Å². The van der Waals surface area contributed by atoms with Gasteiger partial charge in [0.25, 0.3) is 5.91 Å². The van der Waals surface area contributed by atoms with Crippen molar-refractivity contribution in [2.24, 2.45) is 4.99 Å². The number of amides is 1. The second kappa shape index (κ2) is 9.56. The van der Waals surface area contributed by atoms with Crippen molar-refractivity contribution in [2.75, 3.05) is 17.8 Å². The molecule has 0 aliphatic carbocycles. The molecule has 0 unspecified atom stereocenters. The molecule has 0 fully saturated rings. The number of amidine groups is 1. The Morgan fingerprint density at radius 2 is 1.76 bits per heavy atom. The van der Waals surface area contributed by atoms with Crippen molar-refractivity contribution in [1.82, 2.24) is 0 Å². The molecule has 5 nitrogen and oxygen atoms in total. The molecule has 0 bridgehead atoms. The molecule has 0 atom stereocenters. The largest absolute Gasteiger partial charge is 0.497 e. The van der Waals surface area contributed by atoms with Crippen LogP contribution in [0.2, 0.25) is 0 Å². The molecule has 0 radical (unpaired) electrons. The second-order valence-electron chi connectivity index (χ2n) is 6.06.